The first kappa shape index (κ1) is 15.4. The van der Waals surface area contributed by atoms with E-state index in [1.807, 2.05) is 5.83 Å². The van der Waals surface area contributed by atoms with Crippen LogP contribution in [0.15, 0.2) is 60.7 Å². The summed E-state index contributed by atoms with van der Waals surface area (Å²) in [6.07, 6.45) is 0. The Morgan fingerprint density at radius 3 is 1.53 bits per heavy atom. The summed E-state index contributed by atoms with van der Waals surface area (Å²) in [7, 11) is 0. The van der Waals surface area contributed by atoms with Crippen molar-refractivity contribution < 1.29 is 14.3 Å². The van der Waals surface area contributed by atoms with Crippen molar-refractivity contribution in [2.24, 2.45) is 0 Å². The van der Waals surface area contributed by atoms with Gasteiger partial charge in [-0.05, 0) is 17.0 Å². The summed E-state index contributed by atoms with van der Waals surface area (Å²) in [5.74, 6) is 0.0578. The molecule has 2 nitrogen and oxygen atoms in total. The van der Waals surface area contributed by atoms with Gasteiger partial charge in [0.05, 0.1) is 5.97 Å². The van der Waals surface area contributed by atoms with E-state index in [0.717, 1.165) is 0 Å². The molecule has 2 rings (SSSR count). The Bertz CT molecular complexity index is 475. The number of rotatable bonds is 3. The van der Waals surface area contributed by atoms with Crippen LogP contribution in [0.3, 0.4) is 0 Å². The maximum atomic E-state index is 14.7. The van der Waals surface area contributed by atoms with Gasteiger partial charge in [-0.25, -0.2) is 4.39 Å². The third kappa shape index (κ3) is 3.20. The number of alkyl halides is 2. The molecule has 0 amide bonds. The van der Waals surface area contributed by atoms with Gasteiger partial charge < -0.3 is 9.90 Å². The predicted molar refractivity (Wildman–Crippen MR) is 74.6 cm³/mol. The average Bonchev–Trinajstić information content (AvgIpc) is 2.50. The Morgan fingerprint density at radius 2 is 1.26 bits per heavy atom. The number of benzene rings is 2. The van der Waals surface area contributed by atoms with Crippen LogP contribution in [0, 0.1) is 0 Å². The van der Waals surface area contributed by atoms with Crippen LogP contribution in [-0.4, -0.2) is 11.8 Å². The number of carbonyl (C=O) groups is 1. The summed E-state index contributed by atoms with van der Waals surface area (Å²) >= 11 is 2.94. The van der Waals surface area contributed by atoms with Gasteiger partial charge in [0.15, 0.2) is 5.67 Å². The minimum atomic E-state index is -2.61. The van der Waals surface area contributed by atoms with Crippen LogP contribution < -0.4 is 5.11 Å². The second kappa shape index (κ2) is 7.04. The zero-order valence-electron chi connectivity index (χ0n) is 10.3. The van der Waals surface area contributed by atoms with Crippen LogP contribution in [0.5, 0.6) is 0 Å². The fourth-order valence-corrected chi connectivity index (χ4v) is 1.74. The van der Waals surface area contributed by atoms with E-state index in [4.69, 9.17) is 0 Å². The molecule has 0 atom stereocenters. The molecule has 2 aromatic carbocycles. The van der Waals surface area contributed by atoms with Crippen molar-refractivity contribution in [3.8, 4) is 0 Å². The third-order valence-corrected chi connectivity index (χ3v) is 2.62. The zero-order chi connectivity index (χ0) is 14.3. The number of aliphatic carboxylic acids is 1. The molecule has 0 aromatic heterocycles. The Labute approximate surface area is 120 Å². The first-order valence-corrected chi connectivity index (χ1v) is 7.13. The molecule has 0 N–H and O–H groups in total. The molecule has 2 aromatic rings. The number of hydrogen-bond donors (Lipinski definition) is 0. The molecule has 0 bridgehead atoms. The van der Waals surface area contributed by atoms with Crippen molar-refractivity contribution in [3.05, 3.63) is 71.8 Å². The number of carbonyl (C=O) groups excluding carboxylic acids is 1. The highest BCUT2D eigenvalue weighted by molar-refractivity contribution is 9.08. The molecule has 0 saturated heterocycles. The normalized spacial score (nSPS) is 10.3. The topological polar surface area (TPSA) is 40.1 Å². The minimum Gasteiger partial charge on any atom is -0.546 e. The van der Waals surface area contributed by atoms with Gasteiger partial charge >= 0.3 is 0 Å². The van der Waals surface area contributed by atoms with Crippen LogP contribution in [-0.2, 0) is 10.5 Å². The summed E-state index contributed by atoms with van der Waals surface area (Å²) in [5, 5.41) is 11.1. The number of halogens is 2. The molecular weight excluding hydrogens is 311 g/mol. The lowest BCUT2D eigenvalue weighted by Gasteiger charge is -2.27. The molecular formula is C15H13BrFO2-. The number of carboxylic acids is 1. The molecule has 0 heterocycles. The Kier molecular flexibility index (Phi) is 5.70. The fourth-order valence-electron chi connectivity index (χ4n) is 1.74. The smallest absolute Gasteiger partial charge is 0.200 e. The quantitative estimate of drug-likeness (QED) is 0.815. The summed E-state index contributed by atoms with van der Waals surface area (Å²) in [5.41, 5.74) is -2.49. The zero-order valence-corrected chi connectivity index (χ0v) is 11.9. The highest BCUT2D eigenvalue weighted by atomic mass is 79.9. The molecule has 0 aliphatic rings. The van der Waals surface area contributed by atoms with Gasteiger partial charge in [-0.15, -0.1) is 0 Å². The van der Waals surface area contributed by atoms with Crippen LogP contribution in [0.25, 0.3) is 0 Å². The van der Waals surface area contributed by atoms with Crippen molar-refractivity contribution in [2.45, 2.75) is 5.67 Å². The molecule has 0 spiro atoms. The third-order valence-electron chi connectivity index (χ3n) is 2.62. The van der Waals surface area contributed by atoms with Crippen LogP contribution in [0.2, 0.25) is 0 Å². The summed E-state index contributed by atoms with van der Waals surface area (Å²) in [6.45, 7) is 0. The van der Waals surface area contributed by atoms with Gasteiger partial charge in [0.2, 0.25) is 0 Å². The minimum absolute atomic E-state index is 0.0613. The van der Waals surface area contributed by atoms with Crippen LogP contribution >= 0.6 is 15.9 Å². The Balaban J connectivity index is 0.000000861. The molecule has 0 fully saturated rings. The second-order valence-corrected chi connectivity index (χ2v) is 3.68. The molecule has 19 heavy (non-hydrogen) atoms. The first-order chi connectivity index (χ1) is 9.15. The van der Waals surface area contributed by atoms with Crippen molar-refractivity contribution in [3.63, 3.8) is 0 Å². The Morgan fingerprint density at radius 1 is 0.947 bits per heavy atom. The van der Waals surface area contributed by atoms with Gasteiger partial charge in [-0.1, -0.05) is 76.6 Å². The van der Waals surface area contributed by atoms with E-state index in [-0.39, 0.29) is 11.1 Å². The highest BCUT2D eigenvalue weighted by Crippen LogP contribution is 2.33. The first-order valence-electron chi connectivity index (χ1n) is 5.55. The van der Waals surface area contributed by atoms with Gasteiger partial charge in [-0.3, -0.25) is 0 Å². The lowest BCUT2D eigenvalue weighted by Crippen LogP contribution is -2.43. The van der Waals surface area contributed by atoms with E-state index in [1.165, 1.54) is 24.3 Å². The van der Waals surface area contributed by atoms with Crippen LogP contribution in [0.1, 0.15) is 11.1 Å². The fraction of sp³-hybridized carbons (Fsp3) is 0.133. The highest BCUT2D eigenvalue weighted by Gasteiger charge is 2.35. The van der Waals surface area contributed by atoms with Gasteiger partial charge in [-0.2, -0.15) is 0 Å². The van der Waals surface area contributed by atoms with E-state index < -0.39 is 11.6 Å². The molecule has 0 aliphatic heterocycles. The summed E-state index contributed by atoms with van der Waals surface area (Å²) in [6, 6.07) is 15.5. The summed E-state index contributed by atoms with van der Waals surface area (Å²) < 4.78 is 14.7. The summed E-state index contributed by atoms with van der Waals surface area (Å²) in [4.78, 5) is 11.1. The molecule has 4 heteroatoms. The van der Waals surface area contributed by atoms with E-state index in [2.05, 4.69) is 15.9 Å². The number of hydrogen-bond acceptors (Lipinski definition) is 2. The van der Waals surface area contributed by atoms with Gasteiger partial charge in [0.25, 0.3) is 0 Å². The molecule has 0 radical (unpaired) electrons. The lowest BCUT2D eigenvalue weighted by molar-refractivity contribution is -0.318. The van der Waals surface area contributed by atoms with E-state index in [1.54, 1.807) is 36.4 Å². The lowest BCUT2D eigenvalue weighted by atomic mass is 9.88. The average molecular weight is 324 g/mol. The molecule has 0 aliphatic carbocycles. The predicted octanol–water partition coefficient (Wildman–Crippen LogP) is 2.66. The molecule has 0 saturated carbocycles. The van der Waals surface area contributed by atoms with Crippen molar-refractivity contribution in [2.75, 3.05) is 5.83 Å². The second-order valence-electron chi connectivity index (χ2n) is 3.68. The number of carboxylic acid groups (broad SMARTS) is 1. The van der Waals surface area contributed by atoms with Gasteiger partial charge in [0.1, 0.15) is 0 Å². The molecule has 0 unspecified atom stereocenters. The van der Waals surface area contributed by atoms with Gasteiger partial charge in [0, 0.05) is 0 Å². The van der Waals surface area contributed by atoms with Crippen molar-refractivity contribution >= 4 is 21.9 Å². The monoisotopic (exact) mass is 323 g/mol. The van der Waals surface area contributed by atoms with Crippen LogP contribution in [0.4, 0.5) is 4.39 Å². The largest absolute Gasteiger partial charge is 0.546 e. The maximum absolute atomic E-state index is 14.7. The van der Waals surface area contributed by atoms with E-state index in [9.17, 15) is 14.3 Å². The van der Waals surface area contributed by atoms with E-state index in [0.29, 0.717) is 0 Å². The molecule has 100 valence electrons. The maximum Gasteiger partial charge on any atom is 0.200 e. The van der Waals surface area contributed by atoms with E-state index >= 15 is 0 Å². The SMILES string of the molecule is CBr.O=C([O-])C(F)(c1ccccc1)c1ccccc1. The standard InChI is InChI=1S/C14H11FO2.CH3Br/c15-14(13(16)17,11-7-3-1-4-8-11)12-9-5-2-6-10-12;1-2/h1-10H,(H,16,17);1H3/p-1. The van der Waals surface area contributed by atoms with Crippen molar-refractivity contribution in [1.82, 2.24) is 0 Å². The van der Waals surface area contributed by atoms with Crippen molar-refractivity contribution in [1.29, 1.82) is 0 Å². The Hall–Kier alpha value is -1.68.